The Hall–Kier alpha value is -0.640. The highest BCUT2D eigenvalue weighted by Gasteiger charge is 2.19. The number of hydrogen-bond acceptors (Lipinski definition) is 5. The minimum Gasteiger partial charge on any atom is -0.463 e. The molecule has 0 radical (unpaired) electrons. The molecule has 0 aromatic heterocycles. The van der Waals surface area contributed by atoms with E-state index in [0.29, 0.717) is 12.2 Å². The molecule has 0 fully saturated rings. The van der Waals surface area contributed by atoms with Crippen LogP contribution in [0.4, 0.5) is 0 Å². The lowest BCUT2D eigenvalue weighted by Crippen LogP contribution is -2.06. The summed E-state index contributed by atoms with van der Waals surface area (Å²) in [7, 11) is -0.471. The summed E-state index contributed by atoms with van der Waals surface area (Å²) in [5.41, 5.74) is 0.395. The minimum absolute atomic E-state index is 0.0602. The first-order valence-electron chi connectivity index (χ1n) is 4.53. The van der Waals surface area contributed by atoms with E-state index in [0.717, 1.165) is 0 Å². The first-order chi connectivity index (χ1) is 6.99. The van der Waals surface area contributed by atoms with Gasteiger partial charge in [0.2, 0.25) is 0 Å². The van der Waals surface area contributed by atoms with E-state index in [9.17, 15) is 9.36 Å². The number of carbonyl (C=O) groups is 1. The van der Waals surface area contributed by atoms with Crippen LogP contribution in [-0.4, -0.2) is 33.0 Å². The van der Waals surface area contributed by atoms with E-state index in [1.807, 2.05) is 0 Å². The molecule has 0 unspecified atom stereocenters. The highest BCUT2D eigenvalue weighted by Crippen LogP contribution is 2.46. The first-order valence-corrected chi connectivity index (χ1v) is 6.26. The molecule has 6 heteroatoms. The fourth-order valence-corrected chi connectivity index (χ4v) is 1.75. The molecule has 0 aliphatic heterocycles. The number of rotatable bonds is 6. The van der Waals surface area contributed by atoms with Crippen molar-refractivity contribution in [2.75, 3.05) is 27.0 Å². The summed E-state index contributed by atoms with van der Waals surface area (Å²) in [4.78, 5) is 11.2. The second kappa shape index (κ2) is 6.77. The highest BCUT2D eigenvalue weighted by molar-refractivity contribution is 7.54. The van der Waals surface area contributed by atoms with Gasteiger partial charge in [0.25, 0.3) is 0 Å². The third-order valence-electron chi connectivity index (χ3n) is 1.77. The van der Waals surface area contributed by atoms with Crippen LogP contribution in [-0.2, 0) is 23.1 Å². The Bertz CT molecular complexity index is 276. The molecule has 0 aliphatic rings. The molecule has 0 amide bonds. The highest BCUT2D eigenvalue weighted by atomic mass is 31.2. The van der Waals surface area contributed by atoms with Gasteiger partial charge in [-0.25, -0.2) is 4.79 Å². The zero-order valence-corrected chi connectivity index (χ0v) is 10.4. The van der Waals surface area contributed by atoms with Crippen molar-refractivity contribution in [3.63, 3.8) is 0 Å². The monoisotopic (exact) mass is 236 g/mol. The molecule has 0 saturated heterocycles. The van der Waals surface area contributed by atoms with Crippen LogP contribution in [0.5, 0.6) is 0 Å². The van der Waals surface area contributed by atoms with Crippen molar-refractivity contribution in [3.8, 4) is 0 Å². The van der Waals surface area contributed by atoms with Crippen molar-refractivity contribution >= 4 is 13.6 Å². The van der Waals surface area contributed by atoms with Gasteiger partial charge < -0.3 is 13.8 Å². The Labute approximate surface area is 89.9 Å². The molecule has 0 spiro atoms. The molecule has 0 aliphatic carbocycles. The predicted molar refractivity (Wildman–Crippen MR) is 56.9 cm³/mol. The normalized spacial score (nSPS) is 12.7. The van der Waals surface area contributed by atoms with Gasteiger partial charge in [-0.1, -0.05) is 6.08 Å². The van der Waals surface area contributed by atoms with Crippen LogP contribution < -0.4 is 0 Å². The Balaban J connectivity index is 4.39. The standard InChI is InChI=1S/C9H17O5P/c1-5-14-9(10)8(2)6-7-15(11,12-3)13-4/h6H,5,7H2,1-4H3. The number of esters is 1. The molecular weight excluding hydrogens is 219 g/mol. The molecule has 0 N–H and O–H groups in total. The lowest BCUT2D eigenvalue weighted by molar-refractivity contribution is -0.138. The molecule has 0 heterocycles. The van der Waals surface area contributed by atoms with Crippen LogP contribution in [0.25, 0.3) is 0 Å². The summed E-state index contributed by atoms with van der Waals surface area (Å²) in [5.74, 6) is -0.420. The van der Waals surface area contributed by atoms with Crippen molar-refractivity contribution in [1.82, 2.24) is 0 Å². The SMILES string of the molecule is CCOC(=O)C(C)=CCP(=O)(OC)OC. The van der Waals surface area contributed by atoms with Gasteiger partial charge in [0.1, 0.15) is 0 Å². The molecule has 0 bridgehead atoms. The zero-order valence-electron chi connectivity index (χ0n) is 9.48. The zero-order chi connectivity index (χ0) is 11.9. The maximum absolute atomic E-state index is 11.6. The van der Waals surface area contributed by atoms with Crippen molar-refractivity contribution in [3.05, 3.63) is 11.6 Å². The quantitative estimate of drug-likeness (QED) is 0.401. The summed E-state index contributed by atoms with van der Waals surface area (Å²) in [6, 6.07) is 0. The van der Waals surface area contributed by atoms with E-state index >= 15 is 0 Å². The van der Waals surface area contributed by atoms with E-state index in [1.165, 1.54) is 20.3 Å². The first kappa shape index (κ1) is 14.4. The molecule has 88 valence electrons. The van der Waals surface area contributed by atoms with E-state index in [1.54, 1.807) is 13.8 Å². The molecule has 0 rings (SSSR count). The van der Waals surface area contributed by atoms with Gasteiger partial charge in [0.05, 0.1) is 12.8 Å². The average Bonchev–Trinajstić information content (AvgIpc) is 2.25. The van der Waals surface area contributed by atoms with E-state index < -0.39 is 13.6 Å². The van der Waals surface area contributed by atoms with Crippen molar-refractivity contribution in [2.45, 2.75) is 13.8 Å². The Kier molecular flexibility index (Phi) is 6.48. The second-order valence-electron chi connectivity index (χ2n) is 2.77. The molecule has 5 nitrogen and oxygen atoms in total. The van der Waals surface area contributed by atoms with Crippen LogP contribution in [0.1, 0.15) is 13.8 Å². The van der Waals surface area contributed by atoms with Crippen molar-refractivity contribution in [2.24, 2.45) is 0 Å². The predicted octanol–water partition coefficient (Wildman–Crippen LogP) is 1.98. The number of hydrogen-bond donors (Lipinski definition) is 0. The Morgan fingerprint density at radius 2 is 1.87 bits per heavy atom. The average molecular weight is 236 g/mol. The molecule has 0 aromatic carbocycles. The van der Waals surface area contributed by atoms with Crippen molar-refractivity contribution in [1.29, 1.82) is 0 Å². The number of carbonyl (C=O) groups excluding carboxylic acids is 1. The number of ether oxygens (including phenoxy) is 1. The van der Waals surface area contributed by atoms with Gasteiger partial charge in [0.15, 0.2) is 0 Å². The fourth-order valence-electron chi connectivity index (χ4n) is 0.801. The van der Waals surface area contributed by atoms with Gasteiger partial charge in [-0.05, 0) is 13.8 Å². The van der Waals surface area contributed by atoms with Crippen LogP contribution in [0.3, 0.4) is 0 Å². The van der Waals surface area contributed by atoms with Gasteiger partial charge in [0, 0.05) is 19.8 Å². The topological polar surface area (TPSA) is 61.8 Å². The van der Waals surface area contributed by atoms with E-state index in [2.05, 4.69) is 0 Å². The van der Waals surface area contributed by atoms with Gasteiger partial charge in [-0.15, -0.1) is 0 Å². The summed E-state index contributed by atoms with van der Waals surface area (Å²) in [5, 5.41) is 0. The lowest BCUT2D eigenvalue weighted by atomic mass is 10.3. The summed E-state index contributed by atoms with van der Waals surface area (Å²) in [6.07, 6.45) is 1.55. The van der Waals surface area contributed by atoms with Crippen LogP contribution >= 0.6 is 7.60 Å². The van der Waals surface area contributed by atoms with Gasteiger partial charge in [-0.3, -0.25) is 4.57 Å². The van der Waals surface area contributed by atoms with Crippen LogP contribution in [0, 0.1) is 0 Å². The molecular formula is C9H17O5P. The third kappa shape index (κ3) is 5.11. The largest absolute Gasteiger partial charge is 0.463 e. The Morgan fingerprint density at radius 1 is 1.33 bits per heavy atom. The summed E-state index contributed by atoms with van der Waals surface area (Å²) < 4.78 is 25.8. The summed E-state index contributed by atoms with van der Waals surface area (Å²) >= 11 is 0. The number of allylic oxidation sites excluding steroid dienone is 1. The minimum atomic E-state index is -3.08. The smallest absolute Gasteiger partial charge is 0.333 e. The molecule has 0 atom stereocenters. The van der Waals surface area contributed by atoms with Crippen LogP contribution in [0.15, 0.2) is 11.6 Å². The van der Waals surface area contributed by atoms with Crippen LogP contribution in [0.2, 0.25) is 0 Å². The van der Waals surface area contributed by atoms with E-state index in [4.69, 9.17) is 13.8 Å². The fraction of sp³-hybridized carbons (Fsp3) is 0.667. The third-order valence-corrected chi connectivity index (χ3v) is 3.52. The van der Waals surface area contributed by atoms with Gasteiger partial charge >= 0.3 is 13.6 Å². The van der Waals surface area contributed by atoms with Gasteiger partial charge in [-0.2, -0.15) is 0 Å². The maximum Gasteiger partial charge on any atom is 0.333 e. The summed E-state index contributed by atoms with van der Waals surface area (Å²) in [6.45, 7) is 3.63. The Morgan fingerprint density at radius 3 is 2.27 bits per heavy atom. The maximum atomic E-state index is 11.6. The van der Waals surface area contributed by atoms with Crippen molar-refractivity contribution < 1.29 is 23.1 Å². The lowest BCUT2D eigenvalue weighted by Gasteiger charge is -2.11. The molecule has 0 aromatic rings. The van der Waals surface area contributed by atoms with E-state index in [-0.39, 0.29) is 6.16 Å². The molecule has 15 heavy (non-hydrogen) atoms. The molecule has 0 saturated carbocycles. The second-order valence-corrected chi connectivity index (χ2v) is 5.08.